The van der Waals surface area contributed by atoms with E-state index in [1.165, 1.54) is 4.90 Å². The number of nitrogens with zero attached hydrogens (tertiary/aromatic N) is 2. The molecule has 5 amide bonds. The van der Waals surface area contributed by atoms with Crippen LogP contribution in [0.4, 0.5) is 10.5 Å². The zero-order valence-electron chi connectivity index (χ0n) is 18.2. The zero-order valence-corrected chi connectivity index (χ0v) is 18.2. The van der Waals surface area contributed by atoms with Crippen LogP contribution in [0.15, 0.2) is 36.5 Å². The van der Waals surface area contributed by atoms with Crippen LogP contribution in [0.2, 0.25) is 0 Å². The Kier molecular flexibility index (Phi) is 5.41. The predicted molar refractivity (Wildman–Crippen MR) is 117 cm³/mol. The first-order valence-electron chi connectivity index (χ1n) is 10.4. The zero-order chi connectivity index (χ0) is 23.0. The normalized spacial score (nSPS) is 18.3. The van der Waals surface area contributed by atoms with Gasteiger partial charge in [-0.25, -0.2) is 4.79 Å². The predicted octanol–water partition coefficient (Wildman–Crippen LogP) is 2.21. The van der Waals surface area contributed by atoms with Crippen molar-refractivity contribution in [2.24, 2.45) is 0 Å². The van der Waals surface area contributed by atoms with Gasteiger partial charge >= 0.3 is 6.03 Å². The molecule has 1 saturated heterocycles. The summed E-state index contributed by atoms with van der Waals surface area (Å²) in [6, 6.07) is 7.80. The quantitative estimate of drug-likeness (QED) is 0.636. The Hall–Kier alpha value is -3.75. The van der Waals surface area contributed by atoms with Gasteiger partial charge in [-0.05, 0) is 62.6 Å². The van der Waals surface area contributed by atoms with Gasteiger partial charge in [-0.1, -0.05) is 6.07 Å². The van der Waals surface area contributed by atoms with Crippen LogP contribution in [-0.2, 0) is 21.7 Å². The Morgan fingerprint density at radius 3 is 2.66 bits per heavy atom. The number of carbonyl (C=O) groups excluding carboxylic acids is 4. The number of rotatable bonds is 4. The molecule has 1 unspecified atom stereocenters. The fraction of sp³-hybridized carbons (Fsp3) is 0.348. The smallest absolute Gasteiger partial charge is 0.319 e. The van der Waals surface area contributed by atoms with E-state index in [1.807, 2.05) is 32.9 Å². The molecule has 166 valence electrons. The van der Waals surface area contributed by atoms with Crippen molar-refractivity contribution in [1.29, 1.82) is 0 Å². The molecule has 0 radical (unpaired) electrons. The molecule has 9 heteroatoms. The second-order valence-corrected chi connectivity index (χ2v) is 8.66. The van der Waals surface area contributed by atoms with Crippen molar-refractivity contribution in [2.75, 3.05) is 5.32 Å². The van der Waals surface area contributed by atoms with E-state index >= 15 is 0 Å². The number of imide groups is 1. The first kappa shape index (κ1) is 21.5. The van der Waals surface area contributed by atoms with Gasteiger partial charge in [0.05, 0.1) is 5.54 Å². The van der Waals surface area contributed by atoms with Gasteiger partial charge in [0.25, 0.3) is 5.91 Å². The Bertz CT molecular complexity index is 1110. The van der Waals surface area contributed by atoms with Crippen LogP contribution >= 0.6 is 0 Å². The fourth-order valence-corrected chi connectivity index (χ4v) is 4.01. The van der Waals surface area contributed by atoms with Crippen LogP contribution in [0.25, 0.3) is 0 Å². The third kappa shape index (κ3) is 4.18. The minimum atomic E-state index is -0.670. The third-order valence-corrected chi connectivity index (χ3v) is 5.84. The lowest BCUT2D eigenvalue weighted by Gasteiger charge is -2.29. The average Bonchev–Trinajstić information content (AvgIpc) is 3.03. The van der Waals surface area contributed by atoms with Gasteiger partial charge in [-0.15, -0.1) is 0 Å². The first-order valence-corrected chi connectivity index (χ1v) is 10.4. The van der Waals surface area contributed by atoms with E-state index < -0.39 is 17.5 Å². The summed E-state index contributed by atoms with van der Waals surface area (Å²) in [4.78, 5) is 54.7. The lowest BCUT2D eigenvalue weighted by atomic mass is 9.96. The van der Waals surface area contributed by atoms with Gasteiger partial charge in [-0.3, -0.25) is 24.7 Å². The lowest BCUT2D eigenvalue weighted by molar-refractivity contribution is -0.136. The van der Waals surface area contributed by atoms with Gasteiger partial charge < -0.3 is 15.5 Å². The molecule has 4 rings (SSSR count). The summed E-state index contributed by atoms with van der Waals surface area (Å²) in [6.45, 7) is 5.92. The van der Waals surface area contributed by atoms with E-state index in [4.69, 9.17) is 0 Å². The molecular weight excluding hydrogens is 410 g/mol. The molecule has 0 spiro atoms. The summed E-state index contributed by atoms with van der Waals surface area (Å²) in [5, 5.41) is 8.03. The van der Waals surface area contributed by atoms with Crippen molar-refractivity contribution in [3.63, 3.8) is 0 Å². The highest BCUT2D eigenvalue weighted by Gasteiger charge is 2.39. The molecule has 1 fully saturated rings. The van der Waals surface area contributed by atoms with Gasteiger partial charge in [0.2, 0.25) is 11.8 Å². The Balaban J connectivity index is 1.44. The molecule has 1 atom stereocenters. The summed E-state index contributed by atoms with van der Waals surface area (Å²) < 4.78 is 0. The molecule has 1 aromatic carbocycles. The Morgan fingerprint density at radius 1 is 1.19 bits per heavy atom. The molecule has 3 heterocycles. The molecular formula is C23H25N5O4. The van der Waals surface area contributed by atoms with Crippen molar-refractivity contribution in [3.8, 4) is 0 Å². The number of hydrogen-bond donors (Lipinski definition) is 3. The van der Waals surface area contributed by atoms with Gasteiger partial charge in [-0.2, -0.15) is 0 Å². The van der Waals surface area contributed by atoms with E-state index in [9.17, 15) is 19.2 Å². The number of pyridine rings is 1. The number of benzene rings is 1. The molecule has 1 aromatic heterocycles. The van der Waals surface area contributed by atoms with Crippen molar-refractivity contribution in [1.82, 2.24) is 20.5 Å². The van der Waals surface area contributed by atoms with Crippen LogP contribution in [-0.4, -0.2) is 39.7 Å². The highest BCUT2D eigenvalue weighted by atomic mass is 16.2. The van der Waals surface area contributed by atoms with Crippen LogP contribution < -0.4 is 16.0 Å². The van der Waals surface area contributed by atoms with Crippen LogP contribution in [0.1, 0.15) is 53.9 Å². The molecule has 32 heavy (non-hydrogen) atoms. The van der Waals surface area contributed by atoms with Gasteiger partial charge in [0.15, 0.2) is 0 Å². The number of fused-ring (bicyclic) bond motifs is 1. The molecule has 0 saturated carbocycles. The summed E-state index contributed by atoms with van der Waals surface area (Å²) in [5.74, 6) is -1.02. The van der Waals surface area contributed by atoms with Crippen LogP contribution in [0, 0.1) is 6.92 Å². The highest BCUT2D eigenvalue weighted by molar-refractivity contribution is 6.05. The maximum absolute atomic E-state index is 12.8. The maximum atomic E-state index is 12.8. The summed E-state index contributed by atoms with van der Waals surface area (Å²) in [5.41, 5.74) is 2.88. The third-order valence-electron chi connectivity index (χ3n) is 5.84. The lowest BCUT2D eigenvalue weighted by Crippen LogP contribution is -2.52. The summed E-state index contributed by atoms with van der Waals surface area (Å²) in [6.07, 6.45) is 2.25. The second kappa shape index (κ2) is 8.07. The molecule has 9 nitrogen and oxygen atoms in total. The average molecular weight is 435 g/mol. The Labute approximate surface area is 185 Å². The molecule has 2 aromatic rings. The summed E-state index contributed by atoms with van der Waals surface area (Å²) in [7, 11) is 0. The van der Waals surface area contributed by atoms with E-state index in [0.29, 0.717) is 17.7 Å². The number of anilines is 1. The number of hydrogen-bond acceptors (Lipinski definition) is 5. The molecule has 2 aliphatic rings. The molecule has 0 aliphatic carbocycles. The molecule has 3 N–H and O–H groups in total. The molecule has 2 aliphatic heterocycles. The van der Waals surface area contributed by atoms with Crippen molar-refractivity contribution >= 4 is 29.4 Å². The van der Waals surface area contributed by atoms with E-state index in [2.05, 4.69) is 20.9 Å². The van der Waals surface area contributed by atoms with Crippen molar-refractivity contribution in [2.45, 2.75) is 51.7 Å². The number of amides is 5. The van der Waals surface area contributed by atoms with E-state index in [0.717, 1.165) is 16.8 Å². The topological polar surface area (TPSA) is 120 Å². The number of nitrogens with one attached hydrogen (secondary N) is 3. The fourth-order valence-electron chi connectivity index (χ4n) is 4.01. The Morgan fingerprint density at radius 2 is 1.97 bits per heavy atom. The number of piperidine rings is 1. The standard InChI is InChI=1S/C23H25N5O4/c1-13-4-5-15(11-24-13)23(2,3)27-22(32)25-16-6-7-17-14(10-16)12-28(21(17)31)18-8-9-19(29)26-20(18)30/h4-7,10-11,18H,8-9,12H2,1-3H3,(H2,25,27,32)(H,26,29,30). The minimum Gasteiger partial charge on any atom is -0.329 e. The summed E-state index contributed by atoms with van der Waals surface area (Å²) >= 11 is 0. The van der Waals surface area contributed by atoms with Crippen LogP contribution in [0.5, 0.6) is 0 Å². The first-order chi connectivity index (χ1) is 15.1. The van der Waals surface area contributed by atoms with Crippen LogP contribution in [0.3, 0.4) is 0 Å². The van der Waals surface area contributed by atoms with Crippen molar-refractivity contribution < 1.29 is 19.2 Å². The van der Waals surface area contributed by atoms with E-state index in [1.54, 1.807) is 24.4 Å². The second-order valence-electron chi connectivity index (χ2n) is 8.66. The molecule has 0 bridgehead atoms. The highest BCUT2D eigenvalue weighted by Crippen LogP contribution is 2.29. The number of urea groups is 1. The van der Waals surface area contributed by atoms with E-state index in [-0.39, 0.29) is 30.8 Å². The van der Waals surface area contributed by atoms with Gasteiger partial charge in [0.1, 0.15) is 6.04 Å². The van der Waals surface area contributed by atoms with Gasteiger partial charge in [0, 0.05) is 36.1 Å². The minimum absolute atomic E-state index is 0.204. The monoisotopic (exact) mass is 435 g/mol. The largest absolute Gasteiger partial charge is 0.329 e. The number of aryl methyl sites for hydroxylation is 1. The number of carbonyl (C=O) groups is 4. The maximum Gasteiger partial charge on any atom is 0.319 e. The SMILES string of the molecule is Cc1ccc(C(C)(C)NC(=O)Nc2ccc3c(c2)CN(C2CCC(=O)NC2=O)C3=O)cn1. The van der Waals surface area contributed by atoms with Crippen molar-refractivity contribution in [3.05, 3.63) is 58.9 Å². The number of aromatic nitrogens is 1.